The molecule has 0 atom stereocenters. The van der Waals surface area contributed by atoms with Crippen LogP contribution in [0.15, 0.2) is 0 Å². The number of hydrogen-bond acceptors (Lipinski definition) is 2. The average molecular weight is 144 g/mol. The molecule has 0 spiro atoms. The van der Waals surface area contributed by atoms with E-state index in [1.165, 1.54) is 5.28 Å². The fourth-order valence-electron chi connectivity index (χ4n) is 1.19. The zero-order valence-electron chi connectivity index (χ0n) is 7.18. The highest BCUT2D eigenvalue weighted by Gasteiger charge is 2.21. The molecule has 0 bridgehead atoms. The largest absolute Gasteiger partial charge is 0.487 e. The summed E-state index contributed by atoms with van der Waals surface area (Å²) in [5.74, 6) is 0. The van der Waals surface area contributed by atoms with E-state index in [0.717, 1.165) is 0 Å². The Hall–Kier alpha value is 0.452. The van der Waals surface area contributed by atoms with E-state index in [1.54, 1.807) is 0 Å². The summed E-state index contributed by atoms with van der Waals surface area (Å²) < 4.78 is 4.72. The van der Waals surface area contributed by atoms with E-state index >= 15 is 0 Å². The molecule has 3 heteroatoms. The van der Waals surface area contributed by atoms with Gasteiger partial charge in [-0.05, 0) is 28.2 Å². The SMILES string of the molecule is C[CH2][Al]([N](C)C)[N](C)C. The van der Waals surface area contributed by atoms with E-state index in [0.29, 0.717) is 0 Å². The van der Waals surface area contributed by atoms with Crippen LogP contribution >= 0.6 is 0 Å². The number of hydrogen-bond donors (Lipinski definition) is 0. The monoisotopic (exact) mass is 144 g/mol. The maximum Gasteiger partial charge on any atom is 0.487 e. The van der Waals surface area contributed by atoms with Gasteiger partial charge in [-0.1, -0.05) is 12.2 Å². The lowest BCUT2D eigenvalue weighted by atomic mass is 11.0. The molecule has 0 aliphatic rings. The average Bonchev–Trinajstić information content (AvgIpc) is 1.64. The first kappa shape index (κ1) is 9.45. The first-order chi connectivity index (χ1) is 4.09. The van der Waals surface area contributed by atoms with E-state index in [1.807, 2.05) is 0 Å². The minimum absolute atomic E-state index is 0.693. The summed E-state index contributed by atoms with van der Waals surface area (Å²) in [5.41, 5.74) is 0. The molecular weight excluding hydrogens is 127 g/mol. The number of nitrogens with zero attached hydrogens (tertiary/aromatic N) is 2. The van der Waals surface area contributed by atoms with Crippen molar-refractivity contribution >= 4 is 14.6 Å². The normalized spacial score (nSPS) is 11.0. The topological polar surface area (TPSA) is 6.48 Å². The third-order valence-electron chi connectivity index (χ3n) is 1.56. The van der Waals surface area contributed by atoms with Gasteiger partial charge in [-0.3, -0.25) is 0 Å². The van der Waals surface area contributed by atoms with Crippen molar-refractivity contribution in [2.75, 3.05) is 28.2 Å². The van der Waals surface area contributed by atoms with E-state index < -0.39 is 14.6 Å². The Morgan fingerprint density at radius 2 is 1.33 bits per heavy atom. The third-order valence-corrected chi connectivity index (χ3v) is 4.67. The van der Waals surface area contributed by atoms with Crippen LogP contribution in [0, 0.1) is 0 Å². The van der Waals surface area contributed by atoms with Gasteiger partial charge in [0, 0.05) is 0 Å². The van der Waals surface area contributed by atoms with Crippen molar-refractivity contribution in [3.63, 3.8) is 0 Å². The van der Waals surface area contributed by atoms with Crippen LogP contribution in [0.1, 0.15) is 6.92 Å². The van der Waals surface area contributed by atoms with Gasteiger partial charge in [0.25, 0.3) is 0 Å². The molecular formula is C6H17AlN2. The van der Waals surface area contributed by atoms with Gasteiger partial charge < -0.3 is 7.77 Å². The maximum absolute atomic E-state index is 2.36. The Morgan fingerprint density at radius 3 is 1.33 bits per heavy atom. The third kappa shape index (κ3) is 3.22. The molecule has 0 saturated carbocycles. The van der Waals surface area contributed by atoms with Crippen molar-refractivity contribution < 1.29 is 0 Å². The molecule has 0 unspecified atom stereocenters. The molecule has 0 saturated heterocycles. The Balaban J connectivity index is 3.68. The van der Waals surface area contributed by atoms with E-state index in [-0.39, 0.29) is 0 Å². The molecule has 0 N–H and O–H groups in total. The van der Waals surface area contributed by atoms with E-state index in [2.05, 4.69) is 42.9 Å². The van der Waals surface area contributed by atoms with Crippen LogP contribution < -0.4 is 0 Å². The van der Waals surface area contributed by atoms with Crippen molar-refractivity contribution in [1.82, 2.24) is 7.77 Å². The summed E-state index contributed by atoms with van der Waals surface area (Å²) in [7, 11) is 8.67. The zero-order chi connectivity index (χ0) is 7.44. The number of rotatable bonds is 3. The Kier molecular flexibility index (Phi) is 4.51. The van der Waals surface area contributed by atoms with Gasteiger partial charge in [0.1, 0.15) is 0 Å². The maximum atomic E-state index is 2.36. The highest BCUT2D eigenvalue weighted by atomic mass is 27.2. The lowest BCUT2D eigenvalue weighted by Crippen LogP contribution is -2.44. The highest BCUT2D eigenvalue weighted by molar-refractivity contribution is 6.52. The molecule has 0 aromatic rings. The van der Waals surface area contributed by atoms with Crippen molar-refractivity contribution in [3.05, 3.63) is 0 Å². The molecule has 54 valence electrons. The molecule has 0 fully saturated rings. The Morgan fingerprint density at radius 1 is 1.00 bits per heavy atom. The van der Waals surface area contributed by atoms with Crippen LogP contribution in [-0.4, -0.2) is 50.5 Å². The summed E-state index contributed by atoms with van der Waals surface area (Å²) in [6.07, 6.45) is 0. The first-order valence-corrected chi connectivity index (χ1v) is 5.27. The minimum atomic E-state index is -0.693. The van der Waals surface area contributed by atoms with Gasteiger partial charge in [-0.2, -0.15) is 0 Å². The summed E-state index contributed by atoms with van der Waals surface area (Å²) >= 11 is -0.693. The summed E-state index contributed by atoms with van der Waals surface area (Å²) in [5, 5.41) is 1.32. The lowest BCUT2D eigenvalue weighted by Gasteiger charge is -2.23. The molecule has 0 aromatic heterocycles. The fourth-order valence-corrected chi connectivity index (χ4v) is 3.58. The molecule has 0 aliphatic heterocycles. The Bertz CT molecular complexity index is 65.5. The molecule has 0 amide bonds. The predicted octanol–water partition coefficient (Wildman–Crippen LogP) is 0.618. The minimum Gasteiger partial charge on any atom is -0.376 e. The van der Waals surface area contributed by atoms with Crippen LogP contribution in [0.4, 0.5) is 0 Å². The molecule has 0 aliphatic carbocycles. The van der Waals surface area contributed by atoms with E-state index in [4.69, 9.17) is 0 Å². The van der Waals surface area contributed by atoms with Crippen LogP contribution in [0.2, 0.25) is 5.28 Å². The van der Waals surface area contributed by atoms with Gasteiger partial charge in [-0.25, -0.2) is 0 Å². The quantitative estimate of drug-likeness (QED) is 0.536. The molecule has 0 rings (SSSR count). The summed E-state index contributed by atoms with van der Waals surface area (Å²) in [4.78, 5) is 0. The van der Waals surface area contributed by atoms with Gasteiger partial charge in [0.05, 0.1) is 0 Å². The lowest BCUT2D eigenvalue weighted by molar-refractivity contribution is 0.515. The van der Waals surface area contributed by atoms with E-state index in [9.17, 15) is 0 Å². The van der Waals surface area contributed by atoms with Crippen LogP contribution in [0.5, 0.6) is 0 Å². The second-order valence-electron chi connectivity index (χ2n) is 2.82. The van der Waals surface area contributed by atoms with Gasteiger partial charge in [0.15, 0.2) is 0 Å². The van der Waals surface area contributed by atoms with Crippen molar-refractivity contribution in [2.45, 2.75) is 12.2 Å². The van der Waals surface area contributed by atoms with Crippen molar-refractivity contribution in [2.24, 2.45) is 0 Å². The smallest absolute Gasteiger partial charge is 0.376 e. The molecule has 0 heterocycles. The second-order valence-corrected chi connectivity index (χ2v) is 6.66. The summed E-state index contributed by atoms with van der Waals surface area (Å²) in [6.45, 7) is 2.26. The van der Waals surface area contributed by atoms with Gasteiger partial charge in [0.2, 0.25) is 0 Å². The van der Waals surface area contributed by atoms with Crippen molar-refractivity contribution in [3.8, 4) is 0 Å². The fraction of sp³-hybridized carbons (Fsp3) is 1.00. The molecule has 0 aromatic carbocycles. The standard InChI is InChI=1S/2C2H6N.C2H5.Al/c2*1-3-2;1-2;/h2*1-2H3;1H2,2H3;/q2*-1;;+2. The van der Waals surface area contributed by atoms with Gasteiger partial charge >= 0.3 is 14.6 Å². The molecule has 9 heavy (non-hydrogen) atoms. The van der Waals surface area contributed by atoms with Crippen LogP contribution in [0.3, 0.4) is 0 Å². The molecule has 2 nitrogen and oxygen atoms in total. The molecule has 0 radical (unpaired) electrons. The van der Waals surface area contributed by atoms with Crippen molar-refractivity contribution in [1.29, 1.82) is 0 Å². The van der Waals surface area contributed by atoms with Crippen LogP contribution in [0.25, 0.3) is 0 Å². The van der Waals surface area contributed by atoms with Gasteiger partial charge in [-0.15, -0.1) is 0 Å². The first-order valence-electron chi connectivity index (χ1n) is 3.42. The zero-order valence-corrected chi connectivity index (χ0v) is 8.33. The second kappa shape index (κ2) is 4.30. The van der Waals surface area contributed by atoms with Crippen LogP contribution in [-0.2, 0) is 0 Å². The predicted molar refractivity (Wildman–Crippen MR) is 43.6 cm³/mol. The Labute approximate surface area is 63.3 Å². The summed E-state index contributed by atoms with van der Waals surface area (Å²) in [6, 6.07) is 0. The highest BCUT2D eigenvalue weighted by Crippen LogP contribution is 1.96.